The highest BCUT2D eigenvalue weighted by Gasteiger charge is 2.36. The van der Waals surface area contributed by atoms with Gasteiger partial charge >= 0.3 is 11.4 Å². The molecule has 1 aliphatic rings. The molecule has 17 heavy (non-hydrogen) atoms. The van der Waals surface area contributed by atoms with Gasteiger partial charge in [-0.3, -0.25) is 4.98 Å². The predicted molar refractivity (Wildman–Crippen MR) is 55.1 cm³/mol. The number of anilines is 1. The number of nitrogen functional groups attached to an aromatic ring is 1. The van der Waals surface area contributed by atoms with Crippen LogP contribution in [-0.4, -0.2) is 43.6 Å². The number of H-pyrrole nitrogens is 1. The third-order valence-electron chi connectivity index (χ3n) is 2.55. The summed E-state index contributed by atoms with van der Waals surface area (Å²) in [5.41, 5.74) is 3.57. The summed E-state index contributed by atoms with van der Waals surface area (Å²) in [5, 5.41) is 18.4. The van der Waals surface area contributed by atoms with Crippen molar-refractivity contribution in [2.24, 2.45) is 0 Å². The van der Waals surface area contributed by atoms with Crippen LogP contribution in [0.1, 0.15) is 12.6 Å². The Bertz CT molecular complexity index is 492. The molecule has 9 nitrogen and oxygen atoms in total. The molecule has 2 heterocycles. The number of nitrogens with zero attached hydrogens (tertiary/aromatic N) is 2. The van der Waals surface area contributed by atoms with Gasteiger partial charge in [-0.1, -0.05) is 0 Å². The van der Waals surface area contributed by atoms with Crippen LogP contribution in [0.3, 0.4) is 0 Å². The van der Waals surface area contributed by atoms with Crippen molar-refractivity contribution in [1.82, 2.24) is 14.5 Å². The fraction of sp³-hybridized carbons (Fsp3) is 0.625. The number of hydrogen-bond donors (Lipinski definition) is 4. The Kier molecular flexibility index (Phi) is 2.96. The second kappa shape index (κ2) is 4.28. The first-order valence-corrected chi connectivity index (χ1v) is 4.95. The van der Waals surface area contributed by atoms with Crippen LogP contribution in [0.25, 0.3) is 0 Å². The van der Waals surface area contributed by atoms with Gasteiger partial charge in [0.15, 0.2) is 0 Å². The number of nitrogens with two attached hydrogens (primary N) is 1. The van der Waals surface area contributed by atoms with Gasteiger partial charge in [0.05, 0.1) is 12.7 Å². The Hall–Kier alpha value is -1.71. The topological polar surface area (TPSA) is 143 Å². The zero-order valence-electron chi connectivity index (χ0n) is 8.74. The number of aliphatic hydroxyl groups excluding tert-OH is 2. The summed E-state index contributed by atoms with van der Waals surface area (Å²) in [5.74, 6) is -0.284. The molecule has 3 atom stereocenters. The minimum absolute atomic E-state index is 0.0276. The van der Waals surface area contributed by atoms with Gasteiger partial charge in [0.1, 0.15) is 12.3 Å². The van der Waals surface area contributed by atoms with Gasteiger partial charge < -0.3 is 20.7 Å². The van der Waals surface area contributed by atoms with Gasteiger partial charge in [-0.05, 0) is 0 Å². The van der Waals surface area contributed by atoms with Crippen LogP contribution in [-0.2, 0) is 4.74 Å². The molecule has 5 N–H and O–H groups in total. The van der Waals surface area contributed by atoms with Crippen molar-refractivity contribution >= 4 is 5.95 Å². The average Bonchev–Trinajstić information content (AvgIpc) is 2.57. The van der Waals surface area contributed by atoms with E-state index < -0.39 is 36.4 Å². The highest BCUT2D eigenvalue weighted by atomic mass is 16.5. The van der Waals surface area contributed by atoms with Gasteiger partial charge in [-0.15, -0.1) is 0 Å². The fourth-order valence-corrected chi connectivity index (χ4v) is 1.73. The Labute approximate surface area is 94.5 Å². The molecule has 94 valence electrons. The maximum atomic E-state index is 11.5. The Morgan fingerprint density at radius 2 is 2.29 bits per heavy atom. The minimum Gasteiger partial charge on any atom is -0.394 e. The Morgan fingerprint density at radius 1 is 1.59 bits per heavy atom. The molecule has 9 heteroatoms. The van der Waals surface area contributed by atoms with Crippen molar-refractivity contribution in [1.29, 1.82) is 0 Å². The van der Waals surface area contributed by atoms with Crippen LogP contribution in [0.2, 0.25) is 0 Å². The van der Waals surface area contributed by atoms with E-state index in [0.29, 0.717) is 0 Å². The summed E-state index contributed by atoms with van der Waals surface area (Å²) in [6, 6.07) is 0. The molecule has 0 amide bonds. The average molecular weight is 244 g/mol. The smallest absolute Gasteiger partial charge is 0.357 e. The molecule has 1 unspecified atom stereocenters. The minimum atomic E-state index is -0.952. The quantitative estimate of drug-likeness (QED) is 0.438. The number of aromatic amines is 1. The first-order chi connectivity index (χ1) is 8.02. The van der Waals surface area contributed by atoms with Crippen LogP contribution in [0.5, 0.6) is 0 Å². The number of nitrogens with one attached hydrogen (secondary N) is 1. The number of aliphatic hydroxyl groups is 2. The SMILES string of the molecule is Nc1nc(=O)n([C@H]2CC(O)[C@@H](CO)O2)c(=O)[nH]1. The van der Waals surface area contributed by atoms with Crippen LogP contribution >= 0.6 is 0 Å². The maximum Gasteiger partial charge on any atom is 0.357 e. The molecule has 1 aromatic heterocycles. The lowest BCUT2D eigenvalue weighted by Crippen LogP contribution is -2.40. The summed E-state index contributed by atoms with van der Waals surface area (Å²) in [6.45, 7) is -0.396. The number of rotatable bonds is 2. The van der Waals surface area contributed by atoms with Gasteiger partial charge in [0.2, 0.25) is 5.95 Å². The molecule has 0 radical (unpaired) electrons. The molecule has 0 aromatic carbocycles. The van der Waals surface area contributed by atoms with Crippen molar-refractivity contribution < 1.29 is 14.9 Å². The molecule has 2 rings (SSSR count). The number of hydrogen-bond acceptors (Lipinski definition) is 7. The predicted octanol–water partition coefficient (Wildman–Crippen LogP) is -2.85. The van der Waals surface area contributed by atoms with Gasteiger partial charge in [0, 0.05) is 6.42 Å². The molecule has 1 fully saturated rings. The van der Waals surface area contributed by atoms with E-state index in [1.54, 1.807) is 0 Å². The van der Waals surface area contributed by atoms with Crippen LogP contribution in [0, 0.1) is 0 Å². The van der Waals surface area contributed by atoms with E-state index in [1.165, 1.54) is 0 Å². The zero-order valence-corrected chi connectivity index (χ0v) is 8.74. The van der Waals surface area contributed by atoms with E-state index >= 15 is 0 Å². The molecule has 0 aliphatic carbocycles. The Balaban J connectivity index is 2.37. The molecule has 1 aromatic rings. The number of aromatic nitrogens is 3. The lowest BCUT2D eigenvalue weighted by molar-refractivity contribution is -0.0473. The highest BCUT2D eigenvalue weighted by Crippen LogP contribution is 2.26. The fourth-order valence-electron chi connectivity index (χ4n) is 1.73. The first kappa shape index (κ1) is 11.8. The largest absolute Gasteiger partial charge is 0.394 e. The van der Waals surface area contributed by atoms with Gasteiger partial charge in [0.25, 0.3) is 0 Å². The normalized spacial score (nSPS) is 28.5. The zero-order chi connectivity index (χ0) is 12.6. The molecule has 0 bridgehead atoms. The lowest BCUT2D eigenvalue weighted by Gasteiger charge is -2.12. The second-order valence-corrected chi connectivity index (χ2v) is 3.69. The van der Waals surface area contributed by atoms with Crippen molar-refractivity contribution in [3.05, 3.63) is 21.0 Å². The summed E-state index contributed by atoms with van der Waals surface area (Å²) < 4.78 is 5.89. The van der Waals surface area contributed by atoms with Gasteiger partial charge in [-0.2, -0.15) is 4.98 Å². The Morgan fingerprint density at radius 3 is 2.82 bits per heavy atom. The molecular formula is C8H12N4O5. The summed E-state index contributed by atoms with van der Waals surface area (Å²) in [7, 11) is 0. The lowest BCUT2D eigenvalue weighted by atomic mass is 10.2. The second-order valence-electron chi connectivity index (χ2n) is 3.69. The molecule has 1 saturated heterocycles. The maximum absolute atomic E-state index is 11.5. The molecule has 0 spiro atoms. The van der Waals surface area contributed by atoms with Crippen LogP contribution < -0.4 is 17.1 Å². The van der Waals surface area contributed by atoms with Crippen molar-refractivity contribution in [2.45, 2.75) is 24.9 Å². The third-order valence-corrected chi connectivity index (χ3v) is 2.55. The van der Waals surface area contributed by atoms with Gasteiger partial charge in [-0.25, -0.2) is 14.2 Å². The van der Waals surface area contributed by atoms with Crippen LogP contribution in [0.15, 0.2) is 9.59 Å². The molecular weight excluding hydrogens is 232 g/mol. The summed E-state index contributed by atoms with van der Waals surface area (Å²) in [4.78, 5) is 28.5. The van der Waals surface area contributed by atoms with E-state index in [1.807, 2.05) is 0 Å². The standard InChI is InChI=1S/C8H12N4O5/c9-6-10-7(15)12(8(16)11-6)5-1-3(14)4(2-13)17-5/h3-5,13-14H,1-2H2,(H3,9,10,11,15,16)/t3?,4-,5-/m1/s1. The van der Waals surface area contributed by atoms with Crippen molar-refractivity contribution in [2.75, 3.05) is 12.3 Å². The number of ether oxygens (including phenoxy) is 1. The van der Waals surface area contributed by atoms with Crippen molar-refractivity contribution in [3.8, 4) is 0 Å². The first-order valence-electron chi connectivity index (χ1n) is 4.95. The van der Waals surface area contributed by atoms with E-state index in [-0.39, 0.29) is 12.4 Å². The van der Waals surface area contributed by atoms with Crippen LogP contribution in [0.4, 0.5) is 5.95 Å². The highest BCUT2D eigenvalue weighted by molar-refractivity contribution is 5.10. The van der Waals surface area contributed by atoms with Crippen molar-refractivity contribution in [3.63, 3.8) is 0 Å². The summed E-state index contributed by atoms with van der Waals surface area (Å²) in [6.07, 6.45) is -2.68. The third kappa shape index (κ3) is 2.07. The van der Waals surface area contributed by atoms with E-state index in [4.69, 9.17) is 15.6 Å². The molecule has 1 aliphatic heterocycles. The van der Waals surface area contributed by atoms with E-state index in [0.717, 1.165) is 4.57 Å². The van der Waals surface area contributed by atoms with E-state index in [2.05, 4.69) is 9.97 Å². The monoisotopic (exact) mass is 244 g/mol. The van der Waals surface area contributed by atoms with E-state index in [9.17, 15) is 14.7 Å². The summed E-state index contributed by atoms with van der Waals surface area (Å²) >= 11 is 0. The molecule has 0 saturated carbocycles.